The number of aliphatic carboxylic acids is 1. The SMILES string of the molecule is Cc1ccc(-c2nnn(CC(=O)N(CC(=O)O)C3CC3)n2)cc1. The Morgan fingerprint density at radius 3 is 2.61 bits per heavy atom. The number of benzene rings is 1. The summed E-state index contributed by atoms with van der Waals surface area (Å²) in [6.07, 6.45) is 1.69. The molecule has 120 valence electrons. The summed E-state index contributed by atoms with van der Waals surface area (Å²) in [6.45, 7) is 1.59. The van der Waals surface area contributed by atoms with Crippen molar-refractivity contribution in [1.82, 2.24) is 25.1 Å². The van der Waals surface area contributed by atoms with Crippen LogP contribution < -0.4 is 0 Å². The lowest BCUT2D eigenvalue weighted by Gasteiger charge is -2.19. The minimum atomic E-state index is -1.02. The molecule has 3 rings (SSSR count). The van der Waals surface area contributed by atoms with Crippen LogP contribution in [0.4, 0.5) is 0 Å². The maximum Gasteiger partial charge on any atom is 0.323 e. The van der Waals surface area contributed by atoms with Crippen molar-refractivity contribution in [3.8, 4) is 11.4 Å². The lowest BCUT2D eigenvalue weighted by Crippen LogP contribution is -2.39. The molecule has 1 aliphatic rings. The number of tetrazole rings is 1. The molecular formula is C15H17N5O3. The molecule has 1 amide bonds. The molecule has 1 aromatic heterocycles. The Hall–Kier alpha value is -2.77. The second kappa shape index (κ2) is 6.15. The van der Waals surface area contributed by atoms with E-state index in [1.165, 1.54) is 9.70 Å². The first-order valence-corrected chi connectivity index (χ1v) is 7.39. The number of rotatable bonds is 6. The van der Waals surface area contributed by atoms with Gasteiger partial charge in [0.15, 0.2) is 0 Å². The number of hydrogen-bond acceptors (Lipinski definition) is 5. The summed E-state index contributed by atoms with van der Waals surface area (Å²) >= 11 is 0. The number of amides is 1. The largest absolute Gasteiger partial charge is 0.480 e. The van der Waals surface area contributed by atoms with Gasteiger partial charge < -0.3 is 10.0 Å². The third-order valence-electron chi connectivity index (χ3n) is 3.65. The predicted octanol–water partition coefficient (Wildman–Crippen LogP) is 0.724. The molecule has 0 aliphatic heterocycles. The fourth-order valence-corrected chi connectivity index (χ4v) is 2.29. The molecule has 0 radical (unpaired) electrons. The van der Waals surface area contributed by atoms with E-state index < -0.39 is 5.97 Å². The summed E-state index contributed by atoms with van der Waals surface area (Å²) in [4.78, 5) is 25.7. The molecule has 23 heavy (non-hydrogen) atoms. The number of hydrogen-bond donors (Lipinski definition) is 1. The van der Waals surface area contributed by atoms with Crippen LogP contribution in [-0.4, -0.2) is 54.7 Å². The molecule has 8 nitrogen and oxygen atoms in total. The van der Waals surface area contributed by atoms with Gasteiger partial charge in [-0.3, -0.25) is 9.59 Å². The summed E-state index contributed by atoms with van der Waals surface area (Å²) in [5, 5.41) is 20.9. The van der Waals surface area contributed by atoms with E-state index in [9.17, 15) is 9.59 Å². The van der Waals surface area contributed by atoms with E-state index in [1.807, 2.05) is 31.2 Å². The molecule has 1 aromatic carbocycles. The van der Waals surface area contributed by atoms with Crippen LogP contribution in [0.5, 0.6) is 0 Å². The number of carbonyl (C=O) groups is 2. The normalized spacial score (nSPS) is 13.8. The molecule has 1 fully saturated rings. The maximum atomic E-state index is 12.3. The molecular weight excluding hydrogens is 298 g/mol. The van der Waals surface area contributed by atoms with Gasteiger partial charge in [0.25, 0.3) is 0 Å². The molecule has 1 heterocycles. The van der Waals surface area contributed by atoms with Crippen molar-refractivity contribution in [2.45, 2.75) is 32.4 Å². The van der Waals surface area contributed by atoms with E-state index in [0.717, 1.165) is 24.0 Å². The van der Waals surface area contributed by atoms with Crippen LogP contribution in [0, 0.1) is 6.92 Å². The molecule has 0 bridgehead atoms. The summed E-state index contributed by atoms with van der Waals surface area (Å²) < 4.78 is 0. The van der Waals surface area contributed by atoms with E-state index >= 15 is 0 Å². The summed E-state index contributed by atoms with van der Waals surface area (Å²) in [7, 11) is 0. The van der Waals surface area contributed by atoms with Crippen molar-refractivity contribution >= 4 is 11.9 Å². The van der Waals surface area contributed by atoms with E-state index in [1.54, 1.807) is 0 Å². The van der Waals surface area contributed by atoms with Crippen LogP contribution in [0.15, 0.2) is 24.3 Å². The van der Waals surface area contributed by atoms with E-state index in [-0.39, 0.29) is 25.0 Å². The molecule has 0 unspecified atom stereocenters. The highest BCUT2D eigenvalue weighted by molar-refractivity contribution is 5.81. The number of nitrogens with zero attached hydrogens (tertiary/aromatic N) is 5. The molecule has 1 N–H and O–H groups in total. The number of carbonyl (C=O) groups excluding carboxylic acids is 1. The Balaban J connectivity index is 1.69. The third-order valence-corrected chi connectivity index (χ3v) is 3.65. The van der Waals surface area contributed by atoms with Crippen LogP contribution >= 0.6 is 0 Å². The standard InChI is InChI=1S/C15H17N5O3/c1-10-2-4-11(5-3-10)15-16-18-20(17-15)8-13(21)19(9-14(22)23)12-6-7-12/h2-5,12H,6-9H2,1H3,(H,22,23). The van der Waals surface area contributed by atoms with Crippen molar-refractivity contribution in [2.24, 2.45) is 0 Å². The van der Waals surface area contributed by atoms with Crippen molar-refractivity contribution in [3.63, 3.8) is 0 Å². The van der Waals surface area contributed by atoms with Crippen molar-refractivity contribution in [1.29, 1.82) is 0 Å². The Labute approximate surface area is 132 Å². The Morgan fingerprint density at radius 1 is 1.30 bits per heavy atom. The van der Waals surface area contributed by atoms with Gasteiger partial charge in [-0.25, -0.2) is 0 Å². The lowest BCUT2D eigenvalue weighted by atomic mass is 10.1. The number of carboxylic acid groups (broad SMARTS) is 1. The molecule has 1 saturated carbocycles. The first kappa shape index (κ1) is 15.1. The van der Waals surface area contributed by atoms with Crippen LogP contribution in [0.25, 0.3) is 11.4 Å². The average molecular weight is 315 g/mol. The quantitative estimate of drug-likeness (QED) is 0.843. The van der Waals surface area contributed by atoms with Gasteiger partial charge in [0.05, 0.1) is 0 Å². The second-order valence-electron chi connectivity index (χ2n) is 5.66. The van der Waals surface area contributed by atoms with Gasteiger partial charge in [0.2, 0.25) is 11.7 Å². The van der Waals surface area contributed by atoms with Crippen LogP contribution in [-0.2, 0) is 16.1 Å². The highest BCUT2D eigenvalue weighted by Crippen LogP contribution is 2.26. The van der Waals surface area contributed by atoms with Gasteiger partial charge in [0.1, 0.15) is 13.1 Å². The zero-order chi connectivity index (χ0) is 16.4. The van der Waals surface area contributed by atoms with Gasteiger partial charge in [-0.15, -0.1) is 10.2 Å². The zero-order valence-corrected chi connectivity index (χ0v) is 12.7. The van der Waals surface area contributed by atoms with E-state index in [0.29, 0.717) is 5.82 Å². The topological polar surface area (TPSA) is 101 Å². The molecule has 1 aliphatic carbocycles. The molecule has 0 atom stereocenters. The fraction of sp³-hybridized carbons (Fsp3) is 0.400. The first-order valence-electron chi connectivity index (χ1n) is 7.39. The second-order valence-corrected chi connectivity index (χ2v) is 5.66. The van der Waals surface area contributed by atoms with Gasteiger partial charge >= 0.3 is 5.97 Å². The van der Waals surface area contributed by atoms with Gasteiger partial charge in [0, 0.05) is 11.6 Å². The summed E-state index contributed by atoms with van der Waals surface area (Å²) in [6, 6.07) is 7.70. The first-order chi connectivity index (χ1) is 11.0. The van der Waals surface area contributed by atoms with E-state index in [4.69, 9.17) is 5.11 Å². The minimum Gasteiger partial charge on any atom is -0.480 e. The van der Waals surface area contributed by atoms with Crippen molar-refractivity contribution in [2.75, 3.05) is 6.54 Å². The minimum absolute atomic E-state index is 0.0266. The maximum absolute atomic E-state index is 12.3. The highest BCUT2D eigenvalue weighted by Gasteiger charge is 2.34. The van der Waals surface area contributed by atoms with Crippen LogP contribution in [0.2, 0.25) is 0 Å². The van der Waals surface area contributed by atoms with E-state index in [2.05, 4.69) is 15.4 Å². The fourth-order valence-electron chi connectivity index (χ4n) is 2.29. The third kappa shape index (κ3) is 3.71. The molecule has 0 spiro atoms. The molecule has 2 aromatic rings. The smallest absolute Gasteiger partial charge is 0.323 e. The Bertz CT molecular complexity index is 721. The molecule has 0 saturated heterocycles. The summed E-state index contributed by atoms with van der Waals surface area (Å²) in [5.74, 6) is -0.881. The Morgan fingerprint density at radius 2 is 2.00 bits per heavy atom. The predicted molar refractivity (Wildman–Crippen MR) is 80.4 cm³/mol. The van der Waals surface area contributed by atoms with Crippen LogP contribution in [0.3, 0.4) is 0 Å². The van der Waals surface area contributed by atoms with Gasteiger partial charge in [-0.1, -0.05) is 29.8 Å². The molecule has 8 heteroatoms. The average Bonchev–Trinajstić information content (AvgIpc) is 3.25. The summed E-state index contributed by atoms with van der Waals surface area (Å²) in [5.41, 5.74) is 1.95. The lowest BCUT2D eigenvalue weighted by molar-refractivity contribution is -0.145. The number of carboxylic acids is 1. The van der Waals surface area contributed by atoms with Crippen molar-refractivity contribution < 1.29 is 14.7 Å². The Kier molecular flexibility index (Phi) is 4.05. The number of aryl methyl sites for hydroxylation is 1. The van der Waals surface area contributed by atoms with Gasteiger partial charge in [-0.05, 0) is 25.0 Å². The zero-order valence-electron chi connectivity index (χ0n) is 12.7. The number of aromatic nitrogens is 4. The monoisotopic (exact) mass is 315 g/mol. The van der Waals surface area contributed by atoms with Crippen molar-refractivity contribution in [3.05, 3.63) is 29.8 Å². The van der Waals surface area contributed by atoms with Crippen LogP contribution in [0.1, 0.15) is 18.4 Å². The highest BCUT2D eigenvalue weighted by atomic mass is 16.4. The van der Waals surface area contributed by atoms with Gasteiger partial charge in [-0.2, -0.15) is 4.80 Å².